The summed E-state index contributed by atoms with van der Waals surface area (Å²) < 4.78 is 38.1. The van der Waals surface area contributed by atoms with E-state index in [1.165, 1.54) is 0 Å². The maximum absolute atomic E-state index is 14.0. The molecule has 8 heteroatoms. The van der Waals surface area contributed by atoms with Gasteiger partial charge in [-0.05, 0) is 63.8 Å². The Hall–Kier alpha value is -1.28. The summed E-state index contributed by atoms with van der Waals surface area (Å²) in [6.07, 6.45) is 3.16. The van der Waals surface area contributed by atoms with Crippen LogP contribution in [-0.2, 0) is 19.1 Å². The highest BCUT2D eigenvalue weighted by molar-refractivity contribution is 5.76. The smallest absolute Gasteiger partial charge is 0.323 e. The summed E-state index contributed by atoms with van der Waals surface area (Å²) >= 11 is 0. The van der Waals surface area contributed by atoms with Crippen molar-refractivity contribution in [3.8, 4) is 0 Å². The van der Waals surface area contributed by atoms with Crippen molar-refractivity contribution in [1.29, 1.82) is 0 Å². The SMILES string of the molecule is CCOC(=O)C1C[C@H]2C[C@@H](CN3CC(F)(F)C[C@H]3C(=O)OCC)CC[C@H]2CN1. The molecule has 1 saturated carbocycles. The molecule has 3 aliphatic rings. The fourth-order valence-electron chi connectivity index (χ4n) is 5.13. The van der Waals surface area contributed by atoms with Gasteiger partial charge in [0, 0.05) is 13.0 Å². The number of nitrogens with one attached hydrogen (secondary N) is 1. The van der Waals surface area contributed by atoms with Crippen molar-refractivity contribution in [2.24, 2.45) is 17.8 Å². The Morgan fingerprint density at radius 1 is 1.07 bits per heavy atom. The van der Waals surface area contributed by atoms with Gasteiger partial charge >= 0.3 is 11.9 Å². The van der Waals surface area contributed by atoms with Gasteiger partial charge in [-0.3, -0.25) is 14.5 Å². The Morgan fingerprint density at radius 2 is 1.79 bits per heavy atom. The molecule has 0 aromatic rings. The van der Waals surface area contributed by atoms with Crippen LogP contribution in [0.3, 0.4) is 0 Å². The van der Waals surface area contributed by atoms with Crippen LogP contribution in [0.25, 0.3) is 0 Å². The van der Waals surface area contributed by atoms with Gasteiger partial charge in [0.15, 0.2) is 0 Å². The Morgan fingerprint density at radius 3 is 2.50 bits per heavy atom. The van der Waals surface area contributed by atoms with E-state index in [-0.39, 0.29) is 31.1 Å². The number of likely N-dealkylation sites (tertiary alicyclic amines) is 1. The largest absolute Gasteiger partial charge is 0.465 e. The summed E-state index contributed by atoms with van der Waals surface area (Å²) in [6.45, 7) is 4.96. The molecular formula is C20H32F2N2O4. The molecule has 2 saturated heterocycles. The number of carbonyl (C=O) groups excluding carboxylic acids is 2. The van der Waals surface area contributed by atoms with Gasteiger partial charge < -0.3 is 14.8 Å². The van der Waals surface area contributed by atoms with Crippen molar-refractivity contribution in [3.05, 3.63) is 0 Å². The lowest BCUT2D eigenvalue weighted by Crippen LogP contribution is -2.51. The minimum atomic E-state index is -2.85. The molecular weight excluding hydrogens is 370 g/mol. The second kappa shape index (κ2) is 9.03. The first-order valence-electron chi connectivity index (χ1n) is 10.5. The van der Waals surface area contributed by atoms with Crippen LogP contribution in [0.2, 0.25) is 0 Å². The van der Waals surface area contributed by atoms with Gasteiger partial charge in [-0.15, -0.1) is 0 Å². The average molecular weight is 402 g/mol. The number of ether oxygens (including phenoxy) is 2. The van der Waals surface area contributed by atoms with Crippen LogP contribution in [0.4, 0.5) is 8.78 Å². The summed E-state index contributed by atoms with van der Waals surface area (Å²) in [7, 11) is 0. The van der Waals surface area contributed by atoms with Crippen LogP contribution in [-0.4, -0.2) is 67.7 Å². The molecule has 3 rings (SSSR count). The second-order valence-electron chi connectivity index (χ2n) is 8.41. The Bertz CT molecular complexity index is 574. The highest BCUT2D eigenvalue weighted by Gasteiger charge is 2.49. The van der Waals surface area contributed by atoms with E-state index < -0.39 is 24.4 Å². The van der Waals surface area contributed by atoms with Gasteiger partial charge in [-0.2, -0.15) is 0 Å². The molecule has 0 amide bonds. The molecule has 1 unspecified atom stereocenters. The Labute approximate surface area is 165 Å². The number of esters is 2. The van der Waals surface area contributed by atoms with Crippen molar-refractivity contribution in [2.75, 3.05) is 32.8 Å². The van der Waals surface area contributed by atoms with Crippen molar-refractivity contribution in [1.82, 2.24) is 10.2 Å². The van der Waals surface area contributed by atoms with E-state index in [0.29, 0.717) is 25.0 Å². The topological polar surface area (TPSA) is 67.9 Å². The quantitative estimate of drug-likeness (QED) is 0.687. The molecule has 0 spiro atoms. The molecule has 0 aromatic heterocycles. The maximum atomic E-state index is 14.0. The molecule has 160 valence electrons. The van der Waals surface area contributed by atoms with Crippen LogP contribution in [0, 0.1) is 17.8 Å². The van der Waals surface area contributed by atoms with E-state index in [2.05, 4.69) is 5.32 Å². The van der Waals surface area contributed by atoms with E-state index in [1.54, 1.807) is 18.7 Å². The number of hydrogen-bond donors (Lipinski definition) is 1. The van der Waals surface area contributed by atoms with E-state index in [1.807, 2.05) is 0 Å². The molecule has 28 heavy (non-hydrogen) atoms. The Kier molecular flexibility index (Phi) is 6.91. The fourth-order valence-corrected chi connectivity index (χ4v) is 5.13. The minimum Gasteiger partial charge on any atom is -0.465 e. The average Bonchev–Trinajstić information content (AvgIpc) is 2.96. The molecule has 6 nitrogen and oxygen atoms in total. The zero-order valence-electron chi connectivity index (χ0n) is 16.8. The molecule has 0 bridgehead atoms. The van der Waals surface area contributed by atoms with E-state index >= 15 is 0 Å². The van der Waals surface area contributed by atoms with E-state index in [4.69, 9.17) is 9.47 Å². The lowest BCUT2D eigenvalue weighted by Gasteiger charge is -2.43. The fraction of sp³-hybridized carbons (Fsp3) is 0.900. The number of piperidine rings is 1. The van der Waals surface area contributed by atoms with Crippen LogP contribution in [0.5, 0.6) is 0 Å². The highest BCUT2D eigenvalue weighted by Crippen LogP contribution is 2.41. The first-order valence-corrected chi connectivity index (χ1v) is 10.5. The van der Waals surface area contributed by atoms with E-state index in [0.717, 1.165) is 32.2 Å². The lowest BCUT2D eigenvalue weighted by atomic mass is 9.69. The second-order valence-corrected chi connectivity index (χ2v) is 8.41. The van der Waals surface area contributed by atoms with Crippen LogP contribution in [0.1, 0.15) is 46.0 Å². The molecule has 0 radical (unpaired) electrons. The van der Waals surface area contributed by atoms with Gasteiger partial charge in [-0.1, -0.05) is 0 Å². The van der Waals surface area contributed by atoms with Gasteiger partial charge in [0.2, 0.25) is 0 Å². The highest BCUT2D eigenvalue weighted by atomic mass is 19.3. The minimum absolute atomic E-state index is 0.199. The molecule has 1 N–H and O–H groups in total. The third kappa shape index (κ3) is 5.00. The van der Waals surface area contributed by atoms with Crippen LogP contribution in [0.15, 0.2) is 0 Å². The summed E-state index contributed by atoms with van der Waals surface area (Å²) in [5.74, 6) is -2.44. The monoisotopic (exact) mass is 402 g/mol. The first kappa shape index (κ1) is 21.4. The first-order chi connectivity index (χ1) is 13.3. The number of hydrogen-bond acceptors (Lipinski definition) is 6. The zero-order valence-corrected chi connectivity index (χ0v) is 16.8. The predicted octanol–water partition coefficient (Wildman–Crippen LogP) is 2.22. The molecule has 0 aromatic carbocycles. The van der Waals surface area contributed by atoms with Crippen molar-refractivity contribution in [3.63, 3.8) is 0 Å². The zero-order chi connectivity index (χ0) is 20.3. The molecule has 3 fully saturated rings. The molecule has 1 aliphatic carbocycles. The summed E-state index contributed by atoms with van der Waals surface area (Å²) in [6, 6.07) is -1.13. The molecule has 2 aliphatic heterocycles. The van der Waals surface area contributed by atoms with Gasteiger partial charge in [0.25, 0.3) is 5.92 Å². The third-order valence-corrected chi connectivity index (χ3v) is 6.40. The number of alkyl halides is 2. The van der Waals surface area contributed by atoms with E-state index in [9.17, 15) is 18.4 Å². The van der Waals surface area contributed by atoms with Crippen molar-refractivity contribution in [2.45, 2.75) is 64.0 Å². The Balaban J connectivity index is 1.59. The summed E-state index contributed by atoms with van der Waals surface area (Å²) in [4.78, 5) is 25.8. The maximum Gasteiger partial charge on any atom is 0.323 e. The van der Waals surface area contributed by atoms with Gasteiger partial charge in [-0.25, -0.2) is 8.78 Å². The van der Waals surface area contributed by atoms with Crippen molar-refractivity contribution >= 4 is 11.9 Å². The number of rotatable bonds is 6. The standard InChI is InChI=1S/C20H32F2N2O4/c1-3-27-18(25)16-8-15-7-13(5-6-14(15)10-23-16)11-24-12-20(21,22)9-17(24)19(26)28-4-2/h13-17,23H,3-12H2,1-2H3/t13-,14-,15+,16?,17-/m0/s1. The number of nitrogens with zero attached hydrogens (tertiary/aromatic N) is 1. The number of carbonyl (C=O) groups is 2. The summed E-state index contributed by atoms with van der Waals surface area (Å²) in [5, 5.41) is 3.29. The third-order valence-electron chi connectivity index (χ3n) is 6.40. The lowest BCUT2D eigenvalue weighted by molar-refractivity contribution is -0.149. The van der Waals surface area contributed by atoms with Crippen LogP contribution >= 0.6 is 0 Å². The summed E-state index contributed by atoms with van der Waals surface area (Å²) in [5.41, 5.74) is 0. The van der Waals surface area contributed by atoms with Crippen LogP contribution < -0.4 is 5.32 Å². The predicted molar refractivity (Wildman–Crippen MR) is 98.9 cm³/mol. The number of halogens is 2. The van der Waals surface area contributed by atoms with Crippen molar-refractivity contribution < 1.29 is 27.8 Å². The molecule has 5 atom stereocenters. The number of fused-ring (bicyclic) bond motifs is 1. The molecule has 2 heterocycles. The normalized spacial score (nSPS) is 35.2. The van der Waals surface area contributed by atoms with Gasteiger partial charge in [0.1, 0.15) is 12.1 Å². The van der Waals surface area contributed by atoms with Gasteiger partial charge in [0.05, 0.1) is 19.8 Å².